The van der Waals surface area contributed by atoms with E-state index in [1.54, 1.807) is 24.5 Å². The van der Waals surface area contributed by atoms with Gasteiger partial charge in [-0.1, -0.05) is 20.8 Å². The number of hydrogen-bond acceptors (Lipinski definition) is 3. The molecule has 6 nitrogen and oxygen atoms in total. The van der Waals surface area contributed by atoms with E-state index in [1.807, 2.05) is 20.8 Å². The van der Waals surface area contributed by atoms with Crippen LogP contribution in [0.3, 0.4) is 0 Å². The number of carbonyl (C=O) groups excluding carboxylic acids is 2. The molecule has 0 saturated heterocycles. The Morgan fingerprint density at radius 3 is 2.33 bits per heavy atom. The second-order valence-electron chi connectivity index (χ2n) is 5.12. The van der Waals surface area contributed by atoms with Crippen molar-refractivity contribution < 1.29 is 14.3 Å². The van der Waals surface area contributed by atoms with E-state index in [9.17, 15) is 9.59 Å². The summed E-state index contributed by atoms with van der Waals surface area (Å²) >= 11 is 0. The maximum Gasteiger partial charge on any atom is 0.404 e. The molecule has 2 amide bonds. The largest absolute Gasteiger partial charge is 0.445 e. The van der Waals surface area contributed by atoms with E-state index in [4.69, 9.17) is 10.5 Å². The Kier molecular flexibility index (Phi) is 4.36. The van der Waals surface area contributed by atoms with E-state index in [0.29, 0.717) is 0 Å². The lowest BCUT2D eigenvalue weighted by Crippen LogP contribution is -2.38. The molecule has 0 spiro atoms. The highest BCUT2D eigenvalue weighted by atomic mass is 16.6. The van der Waals surface area contributed by atoms with Gasteiger partial charge >= 0.3 is 6.09 Å². The Bertz CT molecular complexity index is 407. The molecule has 18 heavy (non-hydrogen) atoms. The van der Waals surface area contributed by atoms with E-state index < -0.39 is 12.2 Å². The molecule has 0 aliphatic carbocycles. The van der Waals surface area contributed by atoms with Gasteiger partial charge in [-0.05, 0) is 17.5 Å². The molecule has 0 aliphatic heterocycles. The molecule has 0 saturated carbocycles. The summed E-state index contributed by atoms with van der Waals surface area (Å²) in [4.78, 5) is 22.6. The van der Waals surface area contributed by atoms with Crippen molar-refractivity contribution in [1.29, 1.82) is 0 Å². The molecule has 3 N–H and O–H groups in total. The molecular formula is C12H19N3O3. The Morgan fingerprint density at radius 2 is 1.89 bits per heavy atom. The van der Waals surface area contributed by atoms with Gasteiger partial charge in [0, 0.05) is 12.4 Å². The average molecular weight is 253 g/mol. The van der Waals surface area contributed by atoms with Crippen molar-refractivity contribution in [2.24, 2.45) is 11.1 Å². The highest BCUT2D eigenvalue weighted by Gasteiger charge is 2.30. The van der Waals surface area contributed by atoms with Gasteiger partial charge in [-0.25, -0.2) is 4.79 Å². The summed E-state index contributed by atoms with van der Waals surface area (Å²) in [7, 11) is 0. The molecule has 100 valence electrons. The Balaban J connectivity index is 2.60. The van der Waals surface area contributed by atoms with Crippen LogP contribution in [0.4, 0.5) is 4.79 Å². The maximum absolute atomic E-state index is 11.8. The van der Waals surface area contributed by atoms with Crippen LogP contribution in [0.15, 0.2) is 24.5 Å². The number of aromatic nitrogens is 1. The van der Waals surface area contributed by atoms with Crippen LogP contribution in [0.25, 0.3) is 0 Å². The van der Waals surface area contributed by atoms with E-state index >= 15 is 0 Å². The van der Waals surface area contributed by atoms with Crippen molar-refractivity contribution in [3.05, 3.63) is 24.5 Å². The predicted octanol–water partition coefficient (Wildman–Crippen LogP) is 1.46. The number of rotatable bonds is 4. The van der Waals surface area contributed by atoms with Crippen LogP contribution >= 0.6 is 0 Å². The first-order valence-corrected chi connectivity index (χ1v) is 5.68. The van der Waals surface area contributed by atoms with Crippen molar-refractivity contribution in [3.63, 3.8) is 0 Å². The summed E-state index contributed by atoms with van der Waals surface area (Å²) in [5, 5.41) is 0. The van der Waals surface area contributed by atoms with Gasteiger partial charge in [0.15, 0.2) is 0 Å². The number of ether oxygens (including phenoxy) is 1. The quantitative estimate of drug-likeness (QED) is 0.851. The summed E-state index contributed by atoms with van der Waals surface area (Å²) in [6, 6.07) is 3.59. The highest BCUT2D eigenvalue weighted by Crippen LogP contribution is 2.24. The summed E-state index contributed by atoms with van der Waals surface area (Å²) < 4.78 is 6.51. The first kappa shape index (κ1) is 14.1. The average Bonchev–Trinajstić information content (AvgIpc) is 2.67. The van der Waals surface area contributed by atoms with Crippen LogP contribution < -0.4 is 11.2 Å². The molecule has 0 aliphatic rings. The van der Waals surface area contributed by atoms with Crippen LogP contribution in [-0.4, -0.2) is 22.8 Å². The van der Waals surface area contributed by atoms with Crippen LogP contribution in [0.5, 0.6) is 0 Å². The van der Waals surface area contributed by atoms with E-state index in [-0.39, 0.29) is 17.7 Å². The van der Waals surface area contributed by atoms with Crippen molar-refractivity contribution in [2.45, 2.75) is 33.3 Å². The molecule has 0 fully saturated rings. The van der Waals surface area contributed by atoms with Crippen LogP contribution in [0.2, 0.25) is 0 Å². The third-order valence-electron chi connectivity index (χ3n) is 2.45. The number of nitrogens with two attached hydrogens (primary N) is 1. The zero-order valence-corrected chi connectivity index (χ0v) is 10.8. The molecule has 0 bridgehead atoms. The van der Waals surface area contributed by atoms with Gasteiger partial charge in [-0.15, -0.1) is 0 Å². The van der Waals surface area contributed by atoms with Crippen molar-refractivity contribution >= 4 is 12.0 Å². The minimum absolute atomic E-state index is 0.0601. The lowest BCUT2D eigenvalue weighted by Gasteiger charge is -2.29. The smallest absolute Gasteiger partial charge is 0.404 e. The van der Waals surface area contributed by atoms with E-state index in [1.165, 1.54) is 4.68 Å². The van der Waals surface area contributed by atoms with Crippen molar-refractivity contribution in [1.82, 2.24) is 4.68 Å². The predicted molar refractivity (Wildman–Crippen MR) is 67.3 cm³/mol. The van der Waals surface area contributed by atoms with Gasteiger partial charge in [-0.3, -0.25) is 14.9 Å². The molecular weight excluding hydrogens is 234 g/mol. The van der Waals surface area contributed by atoms with Gasteiger partial charge in [0.2, 0.25) is 5.91 Å². The van der Waals surface area contributed by atoms with Gasteiger partial charge in [0.1, 0.15) is 6.10 Å². The lowest BCUT2D eigenvalue weighted by atomic mass is 9.87. The molecule has 1 rings (SSSR count). The number of primary amides is 1. The third kappa shape index (κ3) is 4.48. The van der Waals surface area contributed by atoms with Gasteiger partial charge in [0.05, 0.1) is 6.42 Å². The Morgan fingerprint density at radius 1 is 1.33 bits per heavy atom. The third-order valence-corrected chi connectivity index (χ3v) is 2.45. The molecule has 0 radical (unpaired) electrons. The Labute approximate surface area is 106 Å². The fourth-order valence-electron chi connectivity index (χ4n) is 1.43. The lowest BCUT2D eigenvalue weighted by molar-refractivity contribution is -0.120. The van der Waals surface area contributed by atoms with Crippen LogP contribution in [0.1, 0.15) is 27.2 Å². The van der Waals surface area contributed by atoms with Gasteiger partial charge < -0.3 is 10.5 Å². The SMILES string of the molecule is CC(C)(C)C(CC(=O)Nn1cccc1)OC(N)=O. The van der Waals surface area contributed by atoms with E-state index in [2.05, 4.69) is 5.43 Å². The monoisotopic (exact) mass is 253 g/mol. The zero-order valence-electron chi connectivity index (χ0n) is 10.8. The van der Waals surface area contributed by atoms with Gasteiger partial charge in [-0.2, -0.15) is 0 Å². The number of amides is 2. The molecule has 6 heteroatoms. The van der Waals surface area contributed by atoms with Crippen LogP contribution in [0, 0.1) is 5.41 Å². The first-order chi connectivity index (χ1) is 8.29. The first-order valence-electron chi connectivity index (χ1n) is 5.68. The second-order valence-corrected chi connectivity index (χ2v) is 5.12. The standard InChI is InChI=1S/C12H19N3O3/c1-12(2,3)9(18-11(13)17)8-10(16)14-15-6-4-5-7-15/h4-7,9H,8H2,1-3H3,(H2,13,17)(H,14,16). The number of nitrogens with zero attached hydrogens (tertiary/aromatic N) is 1. The summed E-state index contributed by atoms with van der Waals surface area (Å²) in [6.07, 6.45) is 2.04. The molecule has 1 heterocycles. The number of nitrogens with one attached hydrogen (secondary N) is 1. The summed E-state index contributed by atoms with van der Waals surface area (Å²) in [5.74, 6) is -0.243. The van der Waals surface area contributed by atoms with Crippen molar-refractivity contribution in [2.75, 3.05) is 5.43 Å². The minimum atomic E-state index is -0.872. The molecule has 1 aromatic rings. The Hall–Kier alpha value is -1.98. The zero-order chi connectivity index (χ0) is 13.8. The van der Waals surface area contributed by atoms with Gasteiger partial charge in [0.25, 0.3) is 0 Å². The molecule has 1 aromatic heterocycles. The fraction of sp³-hybridized carbons (Fsp3) is 0.500. The number of hydrogen-bond donors (Lipinski definition) is 2. The number of carbonyl (C=O) groups is 2. The normalized spacial score (nSPS) is 12.8. The summed E-state index contributed by atoms with van der Waals surface area (Å²) in [5.41, 5.74) is 7.29. The fourth-order valence-corrected chi connectivity index (χ4v) is 1.43. The second kappa shape index (κ2) is 5.57. The highest BCUT2D eigenvalue weighted by molar-refractivity contribution is 5.84. The topological polar surface area (TPSA) is 86.3 Å². The van der Waals surface area contributed by atoms with E-state index in [0.717, 1.165) is 0 Å². The van der Waals surface area contributed by atoms with Crippen molar-refractivity contribution in [3.8, 4) is 0 Å². The molecule has 0 aromatic carbocycles. The van der Waals surface area contributed by atoms with Crippen LogP contribution in [-0.2, 0) is 9.53 Å². The minimum Gasteiger partial charge on any atom is -0.445 e. The molecule has 1 unspecified atom stereocenters. The molecule has 1 atom stereocenters. The summed E-state index contributed by atoms with van der Waals surface area (Å²) in [6.45, 7) is 5.64. The maximum atomic E-state index is 11.8.